The Hall–Kier alpha value is -1.37. The number of rotatable bonds is 5. The van der Waals surface area contributed by atoms with Crippen molar-refractivity contribution in [3.8, 4) is 0 Å². The second kappa shape index (κ2) is 8.34. The predicted molar refractivity (Wildman–Crippen MR) is 97.9 cm³/mol. The van der Waals surface area contributed by atoms with Crippen LogP contribution in [-0.2, 0) is 19.7 Å². The van der Waals surface area contributed by atoms with Gasteiger partial charge in [-0.15, -0.1) is 0 Å². The van der Waals surface area contributed by atoms with E-state index in [9.17, 15) is 4.79 Å². The van der Waals surface area contributed by atoms with Crippen molar-refractivity contribution in [2.24, 2.45) is 0 Å². The summed E-state index contributed by atoms with van der Waals surface area (Å²) >= 11 is 12.0. The summed E-state index contributed by atoms with van der Waals surface area (Å²) in [5.41, 5.74) is 1.01. The Morgan fingerprint density at radius 1 is 0.920 bits per heavy atom. The zero-order chi connectivity index (χ0) is 17.8. The van der Waals surface area contributed by atoms with E-state index in [2.05, 4.69) is 9.80 Å². The first-order valence-corrected chi connectivity index (χ1v) is 8.91. The molecule has 5 nitrogen and oxygen atoms in total. The van der Waals surface area contributed by atoms with E-state index in [1.54, 1.807) is 0 Å². The summed E-state index contributed by atoms with van der Waals surface area (Å²) in [6.07, 6.45) is 0. The molecule has 1 fully saturated rings. The molecular formula is C18H20Cl2N2O3. The fourth-order valence-electron chi connectivity index (χ4n) is 2.96. The minimum absolute atomic E-state index is 0.136. The molecule has 7 heteroatoms. The van der Waals surface area contributed by atoms with Crippen LogP contribution in [0.5, 0.6) is 0 Å². The molecule has 2 aromatic rings. The number of halogens is 2. The van der Waals surface area contributed by atoms with Crippen molar-refractivity contribution < 1.29 is 9.52 Å². The van der Waals surface area contributed by atoms with Gasteiger partial charge in [0.05, 0.1) is 16.6 Å². The van der Waals surface area contributed by atoms with E-state index in [0.717, 1.165) is 38.3 Å². The molecule has 1 aromatic carbocycles. The molecule has 1 aliphatic heterocycles. The van der Waals surface area contributed by atoms with Crippen LogP contribution in [0.1, 0.15) is 17.1 Å². The number of aliphatic hydroxyl groups excluding tert-OH is 1. The minimum Gasteiger partial charge on any atom is -0.462 e. The van der Waals surface area contributed by atoms with Crippen LogP contribution >= 0.6 is 23.2 Å². The highest BCUT2D eigenvalue weighted by Gasteiger charge is 2.18. The SMILES string of the molecule is O=c1cc(CO)oc(CN2CCN(Cc3ccc(Cl)c(Cl)c3)CC2)c1. The van der Waals surface area contributed by atoms with Gasteiger partial charge in [0.15, 0.2) is 5.43 Å². The third kappa shape index (κ3) is 5.06. The fraction of sp³-hybridized carbons (Fsp3) is 0.389. The third-order valence-corrected chi connectivity index (χ3v) is 5.00. The zero-order valence-electron chi connectivity index (χ0n) is 13.8. The lowest BCUT2D eigenvalue weighted by atomic mass is 10.2. The lowest BCUT2D eigenvalue weighted by Gasteiger charge is -2.34. The number of benzene rings is 1. The quantitative estimate of drug-likeness (QED) is 0.861. The van der Waals surface area contributed by atoms with Crippen molar-refractivity contribution in [1.82, 2.24) is 9.80 Å². The van der Waals surface area contributed by atoms with E-state index in [4.69, 9.17) is 32.7 Å². The molecule has 1 N–H and O–H groups in total. The van der Waals surface area contributed by atoms with Crippen LogP contribution in [0.4, 0.5) is 0 Å². The van der Waals surface area contributed by atoms with Crippen molar-refractivity contribution in [3.63, 3.8) is 0 Å². The molecular weight excluding hydrogens is 363 g/mol. The Labute approximate surface area is 156 Å². The molecule has 1 aromatic heterocycles. The Bertz CT molecular complexity index is 786. The molecule has 0 spiro atoms. The van der Waals surface area contributed by atoms with Crippen LogP contribution in [-0.4, -0.2) is 41.1 Å². The molecule has 0 atom stereocenters. The second-order valence-electron chi connectivity index (χ2n) is 6.18. The molecule has 0 saturated carbocycles. The molecule has 2 heterocycles. The van der Waals surface area contributed by atoms with E-state index in [1.807, 2.05) is 18.2 Å². The summed E-state index contributed by atoms with van der Waals surface area (Å²) in [6.45, 7) is 4.75. The van der Waals surface area contributed by atoms with Gasteiger partial charge in [0.1, 0.15) is 18.1 Å². The fourth-order valence-corrected chi connectivity index (χ4v) is 3.28. The molecule has 25 heavy (non-hydrogen) atoms. The molecule has 0 amide bonds. The van der Waals surface area contributed by atoms with Gasteiger partial charge in [-0.05, 0) is 17.7 Å². The highest BCUT2D eigenvalue weighted by molar-refractivity contribution is 6.42. The summed E-state index contributed by atoms with van der Waals surface area (Å²) in [7, 11) is 0. The largest absolute Gasteiger partial charge is 0.462 e. The Morgan fingerprint density at radius 3 is 2.20 bits per heavy atom. The first-order chi connectivity index (χ1) is 12.0. The molecule has 0 aliphatic carbocycles. The van der Waals surface area contributed by atoms with Crippen LogP contribution in [0.3, 0.4) is 0 Å². The third-order valence-electron chi connectivity index (χ3n) is 4.26. The molecule has 134 valence electrons. The van der Waals surface area contributed by atoms with Crippen LogP contribution < -0.4 is 5.43 Å². The Kier molecular flexibility index (Phi) is 6.15. The van der Waals surface area contributed by atoms with Gasteiger partial charge in [0.2, 0.25) is 0 Å². The van der Waals surface area contributed by atoms with Gasteiger partial charge in [-0.25, -0.2) is 0 Å². The maximum Gasteiger partial charge on any atom is 0.185 e. The summed E-state index contributed by atoms with van der Waals surface area (Å²) in [4.78, 5) is 16.2. The number of aliphatic hydroxyl groups is 1. The Morgan fingerprint density at radius 2 is 1.56 bits per heavy atom. The van der Waals surface area contributed by atoms with E-state index in [1.165, 1.54) is 12.1 Å². The summed E-state index contributed by atoms with van der Waals surface area (Å²) in [6, 6.07) is 8.53. The predicted octanol–water partition coefficient (Wildman–Crippen LogP) is 2.76. The highest BCUT2D eigenvalue weighted by atomic mass is 35.5. The van der Waals surface area contributed by atoms with Gasteiger partial charge in [-0.2, -0.15) is 0 Å². The summed E-state index contributed by atoms with van der Waals surface area (Å²) in [5, 5.41) is 10.3. The Balaban J connectivity index is 1.54. The van der Waals surface area contributed by atoms with Crippen molar-refractivity contribution in [2.75, 3.05) is 26.2 Å². The zero-order valence-corrected chi connectivity index (χ0v) is 15.3. The number of nitrogens with zero attached hydrogens (tertiary/aromatic N) is 2. The number of hydrogen-bond donors (Lipinski definition) is 1. The van der Waals surface area contributed by atoms with E-state index in [-0.39, 0.29) is 12.0 Å². The maximum absolute atomic E-state index is 11.6. The summed E-state index contributed by atoms with van der Waals surface area (Å²) < 4.78 is 5.52. The lowest BCUT2D eigenvalue weighted by Crippen LogP contribution is -2.45. The monoisotopic (exact) mass is 382 g/mol. The molecule has 1 aliphatic rings. The van der Waals surface area contributed by atoms with Crippen LogP contribution in [0.25, 0.3) is 0 Å². The standard InChI is InChI=1S/C18H20Cl2N2O3/c19-17-2-1-13(7-18(17)20)10-21-3-5-22(6-4-21)11-15-8-14(24)9-16(12-23)25-15/h1-2,7-9,23H,3-6,10-12H2. The number of hydrogen-bond acceptors (Lipinski definition) is 5. The van der Waals surface area contributed by atoms with Gasteiger partial charge in [-0.3, -0.25) is 14.6 Å². The van der Waals surface area contributed by atoms with Gasteiger partial charge in [-0.1, -0.05) is 29.3 Å². The van der Waals surface area contributed by atoms with Gasteiger partial charge in [0, 0.05) is 44.9 Å². The summed E-state index contributed by atoms with van der Waals surface area (Å²) in [5.74, 6) is 0.898. The maximum atomic E-state index is 11.6. The van der Waals surface area contributed by atoms with E-state index >= 15 is 0 Å². The van der Waals surface area contributed by atoms with Gasteiger partial charge in [0.25, 0.3) is 0 Å². The van der Waals surface area contributed by atoms with Crippen molar-refractivity contribution in [1.29, 1.82) is 0 Å². The first kappa shape index (κ1) is 18.4. The topological polar surface area (TPSA) is 56.9 Å². The molecule has 1 saturated heterocycles. The average molecular weight is 383 g/mol. The minimum atomic E-state index is -0.263. The average Bonchev–Trinajstić information content (AvgIpc) is 2.59. The van der Waals surface area contributed by atoms with Crippen LogP contribution in [0.15, 0.2) is 39.5 Å². The molecule has 0 radical (unpaired) electrons. The molecule has 0 unspecified atom stereocenters. The highest BCUT2D eigenvalue weighted by Crippen LogP contribution is 2.23. The smallest absolute Gasteiger partial charge is 0.185 e. The van der Waals surface area contributed by atoms with Crippen molar-refractivity contribution in [2.45, 2.75) is 19.7 Å². The van der Waals surface area contributed by atoms with E-state index in [0.29, 0.717) is 28.1 Å². The first-order valence-electron chi connectivity index (χ1n) is 8.16. The molecule has 0 bridgehead atoms. The number of piperazine rings is 1. The second-order valence-corrected chi connectivity index (χ2v) is 7.00. The van der Waals surface area contributed by atoms with Crippen LogP contribution in [0.2, 0.25) is 10.0 Å². The van der Waals surface area contributed by atoms with Crippen molar-refractivity contribution >= 4 is 23.2 Å². The van der Waals surface area contributed by atoms with Gasteiger partial charge < -0.3 is 9.52 Å². The molecule has 3 rings (SSSR count). The van der Waals surface area contributed by atoms with E-state index < -0.39 is 0 Å². The van der Waals surface area contributed by atoms with Crippen LogP contribution in [0, 0.1) is 0 Å². The van der Waals surface area contributed by atoms with Crippen molar-refractivity contribution in [3.05, 3.63) is 67.7 Å². The lowest BCUT2D eigenvalue weighted by molar-refractivity contribution is 0.113. The van der Waals surface area contributed by atoms with Gasteiger partial charge >= 0.3 is 0 Å². The normalized spacial score (nSPS) is 16.3.